The number of azo groups is 4. The molecule has 29 heteroatoms. The van der Waals surface area contributed by atoms with Crippen LogP contribution in [0.3, 0.4) is 0 Å². The Bertz CT molecular complexity index is 3720. The van der Waals surface area contributed by atoms with Gasteiger partial charge >= 0.3 is 15.1 Å². The molecular weight excluding hydrogens is 1690 g/mol. The number of hydrogen-bond acceptors (Lipinski definition) is 21. The molecule has 0 aliphatic heterocycles. The smallest absolute Gasteiger partial charge is 0.369 e. The van der Waals surface area contributed by atoms with E-state index in [1.54, 1.807) is 37.4 Å². The van der Waals surface area contributed by atoms with Gasteiger partial charge in [-0.2, -0.15) is 25.6 Å². The van der Waals surface area contributed by atoms with Crippen molar-refractivity contribution < 1.29 is 43.9 Å². The van der Waals surface area contributed by atoms with Crippen LogP contribution in [0, 0.1) is 27.2 Å². The number of carbonyl (C=O) groups excluding carboxylic acids is 2. The topological polar surface area (TPSA) is 294 Å². The SMILES string of the molecule is BrB(Br)Br.CCCCCCCCCCCCCCCCCCC(=O)OCCN(CC)c1ccc(N=Nc2cc(C)c(N=Nc3ccc([N+](=O)[O-])cc3)cc2OC)cc1.CCCCCCCCCCCCCCCCCCC(=O)OCCN(CC)c1ccc(N=Nc2cc(O)c(N=Nc3ccc([N+](=O)[O-])cc3)cc2O)cc1.ClCCl. The lowest BCUT2D eigenvalue weighted by molar-refractivity contribution is -0.385. The molecule has 0 amide bonds. The molecule has 0 heterocycles. The first-order valence-electron chi connectivity index (χ1n) is 40.8. The van der Waals surface area contributed by atoms with E-state index in [-0.39, 0.29) is 54.7 Å². The quantitative estimate of drug-likeness (QED) is 0.00525. The Kier molecular flexibility index (Phi) is 57.2. The molecule has 0 aromatic heterocycles. The molecule has 0 radical (unpaired) electrons. The number of phenols is 2. The van der Waals surface area contributed by atoms with Crippen molar-refractivity contribution in [2.45, 2.75) is 253 Å². The Morgan fingerprint density at radius 1 is 0.412 bits per heavy atom. The highest BCUT2D eigenvalue weighted by Gasteiger charge is 2.15. The number of nitro benzene ring substituents is 2. The third-order valence-electron chi connectivity index (χ3n) is 18.7. The van der Waals surface area contributed by atoms with Crippen LogP contribution >= 0.6 is 70.5 Å². The minimum Gasteiger partial charge on any atom is -0.506 e. The molecular formula is C85H122BBr3Cl2N12O11. The third kappa shape index (κ3) is 46.9. The third-order valence-corrected chi connectivity index (χ3v) is 18.7. The molecule has 23 nitrogen and oxygen atoms in total. The van der Waals surface area contributed by atoms with Gasteiger partial charge < -0.3 is 34.2 Å². The van der Waals surface area contributed by atoms with E-state index in [9.17, 15) is 40.0 Å². The zero-order valence-electron chi connectivity index (χ0n) is 67.9. The van der Waals surface area contributed by atoms with E-state index in [0.717, 1.165) is 55.7 Å². The molecule has 0 atom stereocenters. The summed E-state index contributed by atoms with van der Waals surface area (Å²) in [5.74, 6) is -0.306. The van der Waals surface area contributed by atoms with Crippen molar-refractivity contribution in [3.63, 3.8) is 0 Å². The van der Waals surface area contributed by atoms with Gasteiger partial charge in [-0.1, -0.05) is 206 Å². The Labute approximate surface area is 712 Å². The fourth-order valence-corrected chi connectivity index (χ4v) is 12.2. The molecule has 0 aliphatic carbocycles. The van der Waals surface area contributed by atoms with Gasteiger partial charge in [-0.25, -0.2) is 0 Å². The summed E-state index contributed by atoms with van der Waals surface area (Å²) in [6, 6.07) is 32.4. The first kappa shape index (κ1) is 101. The van der Waals surface area contributed by atoms with Crippen LogP contribution in [0.15, 0.2) is 162 Å². The number of methoxy groups -OCH3 is 1. The first-order valence-corrected chi connectivity index (χ1v) is 44.6. The van der Waals surface area contributed by atoms with E-state index in [1.165, 1.54) is 228 Å². The minimum absolute atomic E-state index is 0.00490. The Balaban J connectivity index is 0.000000545. The summed E-state index contributed by atoms with van der Waals surface area (Å²) in [4.78, 5) is 49.6. The van der Waals surface area contributed by atoms with E-state index >= 15 is 0 Å². The van der Waals surface area contributed by atoms with Gasteiger partial charge in [-0.05, 0) is 118 Å². The second-order valence-corrected chi connectivity index (χ2v) is 34.8. The van der Waals surface area contributed by atoms with E-state index in [2.05, 4.69) is 119 Å². The largest absolute Gasteiger partial charge is 0.506 e. The Morgan fingerprint density at radius 2 is 0.675 bits per heavy atom. The number of alkyl halides is 2. The van der Waals surface area contributed by atoms with Gasteiger partial charge in [0, 0.05) is 79.8 Å². The average molecular weight is 1810 g/mol. The van der Waals surface area contributed by atoms with Crippen LogP contribution in [0.1, 0.15) is 252 Å². The number of unbranched alkanes of at least 4 members (excludes halogenated alkanes) is 30. The summed E-state index contributed by atoms with van der Waals surface area (Å²) in [5, 5.41) is 76.1. The van der Waals surface area contributed by atoms with E-state index < -0.39 is 9.85 Å². The molecule has 2 N–H and O–H groups in total. The molecule has 0 bridgehead atoms. The summed E-state index contributed by atoms with van der Waals surface area (Å²) < 4.78 is 16.9. The van der Waals surface area contributed by atoms with E-state index in [0.29, 0.717) is 79.0 Å². The highest BCUT2D eigenvalue weighted by molar-refractivity contribution is 9.69. The summed E-state index contributed by atoms with van der Waals surface area (Å²) in [5.41, 5.74) is 5.91. The first-order chi connectivity index (χ1) is 55.3. The van der Waals surface area contributed by atoms with Crippen molar-refractivity contribution in [1.82, 2.24) is 0 Å². The van der Waals surface area contributed by atoms with Gasteiger partial charge in [-0.3, -0.25) is 29.8 Å². The number of likely N-dealkylation sites (N-methyl/N-ethyl adjacent to an activating group) is 2. The van der Waals surface area contributed by atoms with Crippen molar-refractivity contribution in [3.05, 3.63) is 147 Å². The standard InChI is InChI=1S/C43H62N6O5.C41H58N6O6.CH2Cl2.BBr3/c1-5-7-8-9-10-11-12-13-14-15-16-17-18-19-20-21-22-43(50)54-32-31-48(6-2)38-27-23-36(24-28-38)45-47-41-33-35(3)40(34-42(41)53-4)46-44-37-25-29-39(30-26-37)49(51)52;1-3-5-6-7-8-9-10-11-12-13-14-15-16-17-18-19-20-41(50)53-30-29-46(4-2)35-25-21-33(22-26-35)42-44-37-31-40(49)38(32-39(37)48)45-43-34-23-27-36(28-24-34)47(51)52;2-1-3;2-1(3)4/h23-30,33-34H,5-22,31-32H2,1-4H3;21-28,31-32,48-49H,3-20,29-30H2,1-2H3;1H2;. The number of esters is 2. The van der Waals surface area contributed by atoms with Crippen LogP contribution in [0.2, 0.25) is 0 Å². The second kappa shape index (κ2) is 64.7. The Hall–Kier alpha value is -7.46. The zero-order valence-corrected chi connectivity index (χ0v) is 74.2. The maximum Gasteiger partial charge on any atom is 0.369 e. The van der Waals surface area contributed by atoms with Crippen LogP contribution in [0.5, 0.6) is 17.2 Å². The summed E-state index contributed by atoms with van der Waals surface area (Å²) in [6.45, 7) is 13.9. The number of hydrogen-bond donors (Lipinski definition) is 2. The molecule has 6 rings (SSSR count). The van der Waals surface area contributed by atoms with Crippen LogP contribution in [-0.2, 0) is 19.1 Å². The monoisotopic (exact) mass is 1800 g/mol. The zero-order chi connectivity index (χ0) is 83.2. The van der Waals surface area contributed by atoms with Gasteiger partial charge in [0.05, 0.1) is 63.8 Å². The van der Waals surface area contributed by atoms with Gasteiger partial charge in [0.2, 0.25) is 0 Å². The highest BCUT2D eigenvalue weighted by atomic mass is 79.9. The van der Waals surface area contributed by atoms with Crippen LogP contribution in [0.4, 0.5) is 68.2 Å². The van der Waals surface area contributed by atoms with Crippen molar-refractivity contribution in [3.8, 4) is 17.2 Å². The number of anilines is 2. The number of aromatic hydroxyl groups is 2. The fraction of sp³-hybridized carbons (Fsp3) is 0.553. The van der Waals surface area contributed by atoms with Crippen molar-refractivity contribution in [2.24, 2.45) is 40.9 Å². The lowest BCUT2D eigenvalue weighted by Crippen LogP contribution is -2.27. The number of ether oxygens (including phenoxy) is 3. The predicted octanol–water partition coefficient (Wildman–Crippen LogP) is 30.2. The van der Waals surface area contributed by atoms with Crippen LogP contribution in [0.25, 0.3) is 0 Å². The summed E-state index contributed by atoms with van der Waals surface area (Å²) in [7, 11) is 1.55. The lowest BCUT2D eigenvalue weighted by Gasteiger charge is -2.23. The molecule has 0 spiro atoms. The summed E-state index contributed by atoms with van der Waals surface area (Å²) in [6.07, 6.45) is 42.8. The molecule has 6 aromatic rings. The van der Waals surface area contributed by atoms with Crippen LogP contribution < -0.4 is 14.5 Å². The van der Waals surface area contributed by atoms with E-state index in [4.69, 9.17) is 37.4 Å². The van der Waals surface area contributed by atoms with Gasteiger partial charge in [-0.15, -0.1) is 85.8 Å². The predicted molar refractivity (Wildman–Crippen MR) is 478 cm³/mol. The molecule has 0 unspecified atom stereocenters. The number of aryl methyl sites for hydroxylation is 1. The van der Waals surface area contributed by atoms with Gasteiger partial charge in [0.1, 0.15) is 47.5 Å². The highest BCUT2D eigenvalue weighted by Crippen LogP contribution is 2.41. The number of benzene rings is 6. The van der Waals surface area contributed by atoms with Crippen LogP contribution in [-0.4, -0.2) is 87.0 Å². The second-order valence-electron chi connectivity index (χ2n) is 27.6. The maximum atomic E-state index is 12.3. The number of halogens is 5. The van der Waals surface area contributed by atoms with Crippen molar-refractivity contribution >= 4 is 154 Å². The van der Waals surface area contributed by atoms with Gasteiger partial charge in [0.15, 0.2) is 0 Å². The minimum atomic E-state index is -0.518. The molecule has 0 aliphatic rings. The number of rotatable bonds is 55. The molecule has 114 heavy (non-hydrogen) atoms. The maximum absolute atomic E-state index is 12.3. The van der Waals surface area contributed by atoms with Gasteiger partial charge in [0.25, 0.3) is 11.4 Å². The molecule has 0 saturated carbocycles. The molecule has 6 aromatic carbocycles. The number of phenolic OH excluding ortho intramolecular Hbond substituents is 2. The number of carbonyl (C=O) groups is 2. The average Bonchev–Trinajstić information content (AvgIpc) is 0.835. The Morgan fingerprint density at radius 3 is 0.947 bits per heavy atom. The normalized spacial score (nSPS) is 11.1. The molecule has 0 saturated heterocycles. The van der Waals surface area contributed by atoms with Crippen molar-refractivity contribution in [2.75, 3.05) is 61.6 Å². The summed E-state index contributed by atoms with van der Waals surface area (Å²) >= 11 is 18.8. The fourth-order valence-electron chi connectivity index (χ4n) is 12.2. The number of nitro groups is 2. The molecule has 0 fully saturated rings. The van der Waals surface area contributed by atoms with Crippen molar-refractivity contribution in [1.29, 1.82) is 0 Å². The lowest BCUT2D eigenvalue weighted by atomic mass is 10.0. The molecule has 626 valence electrons. The van der Waals surface area contributed by atoms with E-state index in [1.807, 2.05) is 56.3 Å². The number of non-ortho nitro benzene ring substituents is 2. The number of nitrogens with zero attached hydrogens (tertiary/aromatic N) is 12.